The number of carboxylic acids is 1. The van der Waals surface area contributed by atoms with Gasteiger partial charge in [-0.2, -0.15) is 4.98 Å². The van der Waals surface area contributed by atoms with Gasteiger partial charge in [-0.15, -0.1) is 6.58 Å². The van der Waals surface area contributed by atoms with Gasteiger partial charge in [-0.1, -0.05) is 80.0 Å². The number of carbonyl (C=O) groups is 3. The Balaban J connectivity index is 0.00000116. The van der Waals surface area contributed by atoms with Crippen LogP contribution in [0.5, 0.6) is 0 Å². The Morgan fingerprint density at radius 1 is 0.917 bits per heavy atom. The maximum atomic E-state index is 15.1. The van der Waals surface area contributed by atoms with E-state index in [-0.39, 0.29) is 58.0 Å². The predicted molar refractivity (Wildman–Crippen MR) is 234 cm³/mol. The molecule has 2 aromatic heterocycles. The zero-order valence-electron chi connectivity index (χ0n) is 38.6. The van der Waals surface area contributed by atoms with Crippen molar-refractivity contribution >= 4 is 17.8 Å². The van der Waals surface area contributed by atoms with E-state index in [1.165, 1.54) is 19.3 Å². The minimum atomic E-state index is -0.889. The summed E-state index contributed by atoms with van der Waals surface area (Å²) in [5, 5.41) is 13.6. The molecule has 1 N–H and O–H groups in total. The average molecular weight is 829 g/mol. The molecule has 2 aromatic rings. The van der Waals surface area contributed by atoms with Crippen LogP contribution in [0.25, 0.3) is 11.4 Å². The molecular formula is C50H76N4O6. The number of fused-ring (bicyclic) bond motifs is 7. The highest BCUT2D eigenvalue weighted by atomic mass is 16.5. The molecule has 6 fully saturated rings. The molecule has 10 nitrogen and oxygen atoms in total. The third-order valence-corrected chi connectivity index (χ3v) is 17.4. The Kier molecular flexibility index (Phi) is 13.3. The van der Waals surface area contributed by atoms with Crippen LogP contribution in [0.4, 0.5) is 0 Å². The van der Waals surface area contributed by atoms with Crippen molar-refractivity contribution < 1.29 is 28.8 Å². The molecule has 0 aromatic carbocycles. The number of esters is 1. The largest absolute Gasteiger partial charge is 0.481 e. The van der Waals surface area contributed by atoms with E-state index in [2.05, 4.69) is 56.2 Å². The van der Waals surface area contributed by atoms with Crippen molar-refractivity contribution in [3.63, 3.8) is 0 Å². The van der Waals surface area contributed by atoms with Crippen molar-refractivity contribution in [3.05, 3.63) is 43.1 Å². The molecule has 3 heterocycles. The van der Waals surface area contributed by atoms with Gasteiger partial charge in [0.25, 0.3) is 0 Å². The summed E-state index contributed by atoms with van der Waals surface area (Å²) in [6.07, 6.45) is 18.7. The van der Waals surface area contributed by atoms with Gasteiger partial charge in [0.1, 0.15) is 12.1 Å². The molecule has 0 bridgehead atoms. The van der Waals surface area contributed by atoms with Crippen LogP contribution >= 0.6 is 0 Å². The van der Waals surface area contributed by atoms with E-state index in [9.17, 15) is 14.7 Å². The normalized spacial score (nSPS) is 36.4. The number of hydrogen-bond donors (Lipinski definition) is 1. The van der Waals surface area contributed by atoms with Gasteiger partial charge in [-0.25, -0.2) is 0 Å². The molecule has 332 valence electrons. The minimum absolute atomic E-state index is 0.0554. The highest BCUT2D eigenvalue weighted by molar-refractivity contribution is 5.84. The molecule has 7 unspecified atom stereocenters. The zero-order chi connectivity index (χ0) is 43.9. The summed E-state index contributed by atoms with van der Waals surface area (Å²) < 4.78 is 12.1. The molecule has 6 aliphatic rings. The molecule has 1 aliphatic heterocycles. The first-order valence-corrected chi connectivity index (χ1v) is 23.4. The highest BCUT2D eigenvalue weighted by Crippen LogP contribution is 2.77. The van der Waals surface area contributed by atoms with Crippen molar-refractivity contribution in [1.29, 1.82) is 0 Å². The molecular weight excluding hydrogens is 753 g/mol. The summed E-state index contributed by atoms with van der Waals surface area (Å²) in [6.45, 7) is 26.1. The molecule has 5 aliphatic carbocycles. The Morgan fingerprint density at radius 3 is 2.33 bits per heavy atom. The Hall–Kier alpha value is -3.56. The number of ether oxygens (including phenoxy) is 1. The monoisotopic (exact) mass is 829 g/mol. The number of nitrogens with zero attached hydrogens (tertiary/aromatic N) is 4. The van der Waals surface area contributed by atoms with Gasteiger partial charge in [0, 0.05) is 29.9 Å². The lowest BCUT2D eigenvalue weighted by molar-refractivity contribution is -0.248. The maximum Gasteiger partial charge on any atom is 0.306 e. The Labute approximate surface area is 360 Å². The second-order valence-electron chi connectivity index (χ2n) is 21.3. The van der Waals surface area contributed by atoms with Crippen molar-refractivity contribution in [2.24, 2.45) is 56.2 Å². The molecule has 60 heavy (non-hydrogen) atoms. The summed E-state index contributed by atoms with van der Waals surface area (Å²) in [4.78, 5) is 50.9. The highest BCUT2D eigenvalue weighted by Gasteiger charge is 2.71. The van der Waals surface area contributed by atoms with E-state index in [1.54, 1.807) is 18.5 Å². The number of carbonyl (C=O) groups excluding carboxylic acids is 2. The number of allylic oxidation sites excluding steroid dienone is 1. The van der Waals surface area contributed by atoms with Crippen LogP contribution in [-0.2, 0) is 19.1 Å². The van der Waals surface area contributed by atoms with Gasteiger partial charge in [0.05, 0.1) is 18.3 Å². The first-order valence-electron chi connectivity index (χ1n) is 23.4. The molecule has 10 atom stereocenters. The zero-order valence-corrected chi connectivity index (χ0v) is 38.6. The number of rotatable bonds is 8. The summed E-state index contributed by atoms with van der Waals surface area (Å²) in [5.74, 6) is 2.17. The smallest absolute Gasteiger partial charge is 0.306 e. The fourth-order valence-corrected chi connectivity index (χ4v) is 14.7. The Bertz CT molecular complexity index is 1860. The summed E-state index contributed by atoms with van der Waals surface area (Å²) in [7, 11) is 0. The van der Waals surface area contributed by atoms with E-state index < -0.39 is 11.4 Å². The van der Waals surface area contributed by atoms with Crippen LogP contribution in [0.1, 0.15) is 177 Å². The van der Waals surface area contributed by atoms with Gasteiger partial charge in [-0.05, 0) is 141 Å². The lowest BCUT2D eigenvalue weighted by Crippen LogP contribution is -2.67. The van der Waals surface area contributed by atoms with Gasteiger partial charge < -0.3 is 19.3 Å². The number of pyridine rings is 1. The SMILES string of the molecule is C=CC.CC.CC(C)(CC(=O)O)CC(=O)OC1CCC2(C)C(CC[C@@]3(C)C2CCC2C4CCCC4(C(=O)N4CCC[C@@H]4c4nc(-c5cccnc5)no4)CC[C@]23C)C1(C)C. The van der Waals surface area contributed by atoms with Crippen LogP contribution in [0.3, 0.4) is 0 Å². The fraction of sp³-hybridized carbons (Fsp3) is 0.760. The molecule has 0 radical (unpaired) electrons. The molecule has 1 saturated heterocycles. The lowest BCUT2D eigenvalue weighted by atomic mass is 9.32. The average Bonchev–Trinajstić information content (AvgIpc) is 3.98. The first-order chi connectivity index (χ1) is 28.4. The van der Waals surface area contributed by atoms with E-state index in [0.717, 1.165) is 76.3 Å². The van der Waals surface area contributed by atoms with E-state index in [1.807, 2.05) is 46.8 Å². The number of aromatic nitrogens is 3. The number of amides is 1. The fourth-order valence-electron chi connectivity index (χ4n) is 14.7. The van der Waals surface area contributed by atoms with Gasteiger partial charge in [0.2, 0.25) is 17.6 Å². The summed E-state index contributed by atoms with van der Waals surface area (Å²) in [5.41, 5.74) is 0.137. The van der Waals surface area contributed by atoms with Crippen molar-refractivity contribution in [1.82, 2.24) is 20.0 Å². The summed E-state index contributed by atoms with van der Waals surface area (Å²) >= 11 is 0. The third-order valence-electron chi connectivity index (χ3n) is 17.4. The quantitative estimate of drug-likeness (QED) is 0.204. The maximum absolute atomic E-state index is 15.1. The molecule has 0 spiro atoms. The van der Waals surface area contributed by atoms with Gasteiger partial charge in [0.15, 0.2) is 0 Å². The van der Waals surface area contributed by atoms with Gasteiger partial charge in [-0.3, -0.25) is 19.4 Å². The van der Waals surface area contributed by atoms with Crippen molar-refractivity contribution in [2.75, 3.05) is 6.54 Å². The van der Waals surface area contributed by atoms with Crippen molar-refractivity contribution in [2.45, 2.75) is 178 Å². The number of likely N-dealkylation sites (tertiary alicyclic amines) is 1. The Morgan fingerprint density at radius 2 is 1.65 bits per heavy atom. The van der Waals surface area contributed by atoms with E-state index in [0.29, 0.717) is 41.3 Å². The van der Waals surface area contributed by atoms with Crippen molar-refractivity contribution in [3.8, 4) is 11.4 Å². The predicted octanol–water partition coefficient (Wildman–Crippen LogP) is 11.7. The topological polar surface area (TPSA) is 136 Å². The lowest BCUT2D eigenvalue weighted by Gasteiger charge is -2.72. The second kappa shape index (κ2) is 17.3. The molecule has 5 saturated carbocycles. The second-order valence-corrected chi connectivity index (χ2v) is 21.3. The summed E-state index contributed by atoms with van der Waals surface area (Å²) in [6, 6.07) is 3.63. The molecule has 8 rings (SSSR count). The van der Waals surface area contributed by atoms with Crippen LogP contribution in [0, 0.1) is 56.2 Å². The van der Waals surface area contributed by atoms with E-state index >= 15 is 4.79 Å². The number of hydrogen-bond acceptors (Lipinski definition) is 8. The molecule has 1 amide bonds. The first kappa shape index (κ1) is 46.0. The van der Waals surface area contributed by atoms with Crippen LogP contribution in [0.2, 0.25) is 0 Å². The van der Waals surface area contributed by atoms with Crippen LogP contribution < -0.4 is 0 Å². The third kappa shape index (κ3) is 7.77. The van der Waals surface area contributed by atoms with Crippen LogP contribution in [0.15, 0.2) is 41.7 Å². The standard InChI is InChI=1S/C45H64N4O6.C3H6.C2H6/c1-40(2,25-35(50)51)26-36(52)54-34-17-19-42(5)32(41(34,3)4)16-20-44(7)33(42)15-14-29-30-12-8-18-45(30,22-21-43(29,44)6)39(53)49-24-10-13-31(49)38-47-37(48-55-38)28-11-9-23-46-27-28;1-3-2;1-2/h9,11,23,27,29-34H,8,10,12-22,24-26H2,1-7H3,(H,50,51);3H,1H2,2H3;1-2H3/t29?,30?,31-,32?,33?,34?,42?,43-,44+,45?;;/m1../s1. The van der Waals surface area contributed by atoms with E-state index in [4.69, 9.17) is 14.2 Å². The van der Waals surface area contributed by atoms with Crippen LogP contribution in [-0.4, -0.2) is 55.6 Å². The molecule has 10 heteroatoms. The minimum Gasteiger partial charge on any atom is -0.481 e. The number of carboxylic acid groups (broad SMARTS) is 1. The van der Waals surface area contributed by atoms with Gasteiger partial charge >= 0.3 is 11.9 Å². The number of aliphatic carboxylic acids is 1.